The summed E-state index contributed by atoms with van der Waals surface area (Å²) in [5.41, 5.74) is 5.44. The maximum Gasteiger partial charge on any atom is 0.162 e. The van der Waals surface area contributed by atoms with Crippen LogP contribution in [0.2, 0.25) is 0 Å². The molecule has 0 unspecified atom stereocenters. The summed E-state index contributed by atoms with van der Waals surface area (Å²) < 4.78 is 28.0. The predicted octanol–water partition coefficient (Wildman–Crippen LogP) is 6.03. The van der Waals surface area contributed by atoms with Gasteiger partial charge in [0.2, 0.25) is 0 Å². The van der Waals surface area contributed by atoms with Crippen LogP contribution in [0.15, 0.2) is 54.7 Å². The van der Waals surface area contributed by atoms with Crippen molar-refractivity contribution >= 4 is 33.5 Å². The molecule has 154 valence electrons. The van der Waals surface area contributed by atoms with E-state index in [1.165, 1.54) is 23.4 Å². The molecule has 6 heteroatoms. The molecule has 0 spiro atoms. The Kier molecular flexibility index (Phi) is 5.94. The SMILES string of the molecule is COc1cccc(Cn2c(C)c(C)c3c(I)ncc(OCc4ccc(F)cc4)c32)c1. The molecule has 2 aromatic carbocycles. The molecule has 0 aliphatic carbocycles. The minimum absolute atomic E-state index is 0.254. The molecule has 2 heterocycles. The lowest BCUT2D eigenvalue weighted by atomic mass is 10.2. The fourth-order valence-electron chi connectivity index (χ4n) is 3.61. The molecule has 2 aromatic heterocycles. The molecule has 4 aromatic rings. The van der Waals surface area contributed by atoms with Gasteiger partial charge in [-0.05, 0) is 77.4 Å². The van der Waals surface area contributed by atoms with E-state index in [0.29, 0.717) is 18.9 Å². The smallest absolute Gasteiger partial charge is 0.162 e. The summed E-state index contributed by atoms with van der Waals surface area (Å²) in [6.07, 6.45) is 1.77. The van der Waals surface area contributed by atoms with Crippen molar-refractivity contribution in [2.75, 3.05) is 7.11 Å². The maximum atomic E-state index is 13.2. The number of aryl methyl sites for hydroxylation is 1. The Bertz CT molecular complexity index is 1200. The molecule has 4 rings (SSSR count). The summed E-state index contributed by atoms with van der Waals surface area (Å²) in [5.74, 6) is 1.30. The Balaban J connectivity index is 1.76. The Morgan fingerprint density at radius 2 is 1.83 bits per heavy atom. The van der Waals surface area contributed by atoms with Crippen molar-refractivity contribution in [3.05, 3.63) is 86.6 Å². The lowest BCUT2D eigenvalue weighted by molar-refractivity contribution is 0.307. The first-order valence-electron chi connectivity index (χ1n) is 9.62. The van der Waals surface area contributed by atoms with E-state index in [2.05, 4.69) is 52.1 Å². The van der Waals surface area contributed by atoms with Crippen LogP contribution in [0, 0.1) is 23.4 Å². The molecular formula is C24H22FIN2O2. The van der Waals surface area contributed by atoms with Crippen LogP contribution in [0.4, 0.5) is 4.39 Å². The predicted molar refractivity (Wildman–Crippen MR) is 125 cm³/mol. The first-order chi connectivity index (χ1) is 14.5. The largest absolute Gasteiger partial charge is 0.497 e. The van der Waals surface area contributed by atoms with E-state index in [-0.39, 0.29) is 5.82 Å². The number of fused-ring (bicyclic) bond motifs is 1. The summed E-state index contributed by atoms with van der Waals surface area (Å²) in [6, 6.07) is 14.4. The monoisotopic (exact) mass is 516 g/mol. The van der Waals surface area contributed by atoms with Gasteiger partial charge < -0.3 is 14.0 Å². The highest BCUT2D eigenvalue weighted by molar-refractivity contribution is 14.1. The number of ether oxygens (including phenoxy) is 2. The van der Waals surface area contributed by atoms with Crippen LogP contribution < -0.4 is 9.47 Å². The van der Waals surface area contributed by atoms with Gasteiger partial charge in [-0.25, -0.2) is 9.37 Å². The average Bonchev–Trinajstić information content (AvgIpc) is 3.00. The number of hydrogen-bond donors (Lipinski definition) is 0. The average molecular weight is 516 g/mol. The topological polar surface area (TPSA) is 36.3 Å². The van der Waals surface area contributed by atoms with Crippen LogP contribution in [0.5, 0.6) is 11.5 Å². The van der Waals surface area contributed by atoms with Gasteiger partial charge in [-0.1, -0.05) is 24.3 Å². The van der Waals surface area contributed by atoms with Crippen LogP contribution in [0.25, 0.3) is 10.9 Å². The molecule has 0 radical (unpaired) electrons. The molecule has 30 heavy (non-hydrogen) atoms. The molecular weight excluding hydrogens is 494 g/mol. The molecule has 0 fully saturated rings. The third-order valence-corrected chi connectivity index (χ3v) is 6.16. The first kappa shape index (κ1) is 20.7. The van der Waals surface area contributed by atoms with Gasteiger partial charge in [0.05, 0.1) is 18.8 Å². The van der Waals surface area contributed by atoms with Gasteiger partial charge in [0.1, 0.15) is 21.9 Å². The quantitative estimate of drug-likeness (QED) is 0.232. The van der Waals surface area contributed by atoms with Crippen molar-refractivity contribution in [1.82, 2.24) is 9.55 Å². The second kappa shape index (κ2) is 8.63. The zero-order valence-corrected chi connectivity index (χ0v) is 19.2. The molecule has 0 aliphatic heterocycles. The lowest BCUT2D eigenvalue weighted by Crippen LogP contribution is -2.05. The number of halogens is 2. The number of benzene rings is 2. The van der Waals surface area contributed by atoms with Gasteiger partial charge in [0.25, 0.3) is 0 Å². The molecule has 0 bridgehead atoms. The highest BCUT2D eigenvalue weighted by atomic mass is 127. The number of pyridine rings is 1. The van der Waals surface area contributed by atoms with Crippen LogP contribution in [-0.4, -0.2) is 16.7 Å². The second-order valence-electron chi connectivity index (χ2n) is 7.20. The molecule has 0 amide bonds. The molecule has 0 aliphatic rings. The van der Waals surface area contributed by atoms with Crippen molar-refractivity contribution in [1.29, 1.82) is 0 Å². The maximum absolute atomic E-state index is 13.2. The summed E-state index contributed by atoms with van der Waals surface area (Å²) in [6.45, 7) is 5.28. The number of hydrogen-bond acceptors (Lipinski definition) is 3. The number of aromatic nitrogens is 2. The van der Waals surface area contributed by atoms with E-state index >= 15 is 0 Å². The van der Waals surface area contributed by atoms with E-state index in [0.717, 1.165) is 31.5 Å². The fourth-order valence-corrected chi connectivity index (χ4v) is 4.41. The van der Waals surface area contributed by atoms with Crippen molar-refractivity contribution in [2.45, 2.75) is 27.0 Å². The van der Waals surface area contributed by atoms with Crippen molar-refractivity contribution in [2.24, 2.45) is 0 Å². The standard InChI is InChI=1S/C24H22FIN2O2/c1-15-16(2)28(13-18-5-4-6-20(11-18)29-3)23-21(12-27-24(26)22(15)23)30-14-17-7-9-19(25)10-8-17/h4-12H,13-14H2,1-3H3. The van der Waals surface area contributed by atoms with Gasteiger partial charge in [0.15, 0.2) is 5.75 Å². The Morgan fingerprint density at radius 1 is 1.07 bits per heavy atom. The van der Waals surface area contributed by atoms with Gasteiger partial charge in [-0.2, -0.15) is 0 Å². The zero-order chi connectivity index (χ0) is 21.3. The first-order valence-corrected chi connectivity index (χ1v) is 10.7. The Morgan fingerprint density at radius 3 is 2.57 bits per heavy atom. The lowest BCUT2D eigenvalue weighted by Gasteiger charge is -2.14. The van der Waals surface area contributed by atoms with E-state index in [4.69, 9.17) is 9.47 Å². The number of rotatable bonds is 6. The minimum atomic E-state index is -0.254. The highest BCUT2D eigenvalue weighted by Crippen LogP contribution is 2.35. The van der Waals surface area contributed by atoms with Crippen molar-refractivity contribution in [3.8, 4) is 11.5 Å². The van der Waals surface area contributed by atoms with E-state index in [1.807, 2.05) is 18.2 Å². The van der Waals surface area contributed by atoms with Crippen LogP contribution >= 0.6 is 22.6 Å². The van der Waals surface area contributed by atoms with Gasteiger partial charge >= 0.3 is 0 Å². The molecule has 0 saturated heterocycles. The minimum Gasteiger partial charge on any atom is -0.497 e. The molecule has 0 saturated carbocycles. The zero-order valence-electron chi connectivity index (χ0n) is 17.1. The summed E-state index contributed by atoms with van der Waals surface area (Å²) in [4.78, 5) is 4.55. The van der Waals surface area contributed by atoms with Gasteiger partial charge in [-0.15, -0.1) is 0 Å². The summed E-state index contributed by atoms with van der Waals surface area (Å²) in [7, 11) is 1.68. The van der Waals surface area contributed by atoms with Gasteiger partial charge in [0, 0.05) is 17.6 Å². The van der Waals surface area contributed by atoms with Crippen LogP contribution in [0.1, 0.15) is 22.4 Å². The Labute approximate surface area is 188 Å². The molecule has 0 atom stereocenters. The number of methoxy groups -OCH3 is 1. The Hall–Kier alpha value is -2.61. The fraction of sp³-hybridized carbons (Fsp3) is 0.208. The highest BCUT2D eigenvalue weighted by Gasteiger charge is 2.19. The third kappa shape index (κ3) is 4.01. The number of nitrogens with zero attached hydrogens (tertiary/aromatic N) is 2. The van der Waals surface area contributed by atoms with E-state index in [1.54, 1.807) is 25.4 Å². The van der Waals surface area contributed by atoms with Gasteiger partial charge in [-0.3, -0.25) is 0 Å². The van der Waals surface area contributed by atoms with Crippen molar-refractivity contribution < 1.29 is 13.9 Å². The summed E-state index contributed by atoms with van der Waals surface area (Å²) >= 11 is 2.27. The second-order valence-corrected chi connectivity index (χ2v) is 8.22. The molecule has 0 N–H and O–H groups in total. The third-order valence-electron chi connectivity index (χ3n) is 5.35. The van der Waals surface area contributed by atoms with Crippen molar-refractivity contribution in [3.63, 3.8) is 0 Å². The van der Waals surface area contributed by atoms with Crippen LogP contribution in [-0.2, 0) is 13.2 Å². The molecule has 4 nitrogen and oxygen atoms in total. The normalized spacial score (nSPS) is 11.1. The van der Waals surface area contributed by atoms with E-state index < -0.39 is 0 Å². The van der Waals surface area contributed by atoms with E-state index in [9.17, 15) is 4.39 Å². The van der Waals surface area contributed by atoms with Crippen LogP contribution in [0.3, 0.4) is 0 Å². The summed E-state index contributed by atoms with van der Waals surface area (Å²) in [5, 5.41) is 1.10.